The molecule has 0 bridgehead atoms. The number of hydrogen-bond acceptors (Lipinski definition) is 8. The molecule has 1 atom stereocenters. The first-order valence-electron chi connectivity index (χ1n) is 13.0. The Balaban J connectivity index is 1.35. The van der Waals surface area contributed by atoms with E-state index < -0.39 is 6.23 Å². The molecule has 0 aliphatic carbocycles. The monoisotopic (exact) mass is 551 g/mol. The van der Waals surface area contributed by atoms with Gasteiger partial charge in [0.25, 0.3) is 0 Å². The fourth-order valence-corrected chi connectivity index (χ4v) is 5.75. The van der Waals surface area contributed by atoms with Crippen molar-refractivity contribution in [3.8, 4) is 33.0 Å². The van der Waals surface area contributed by atoms with Crippen LogP contribution in [0.25, 0.3) is 55.0 Å². The van der Waals surface area contributed by atoms with Crippen molar-refractivity contribution >= 4 is 44.9 Å². The van der Waals surface area contributed by atoms with E-state index >= 15 is 0 Å². The van der Waals surface area contributed by atoms with Gasteiger partial charge in [0.2, 0.25) is 0 Å². The number of Topliss-reactive ketones (excluding diaryl/α,β-unsaturated/α-hetero) is 1. The van der Waals surface area contributed by atoms with E-state index in [1.807, 2.05) is 36.4 Å². The van der Waals surface area contributed by atoms with Gasteiger partial charge in [-0.15, -0.1) is 11.3 Å². The fraction of sp³-hybridized carbons (Fsp3) is 0.233. The molecule has 0 aliphatic heterocycles. The zero-order valence-corrected chi connectivity index (χ0v) is 23.4. The van der Waals surface area contributed by atoms with Crippen molar-refractivity contribution in [3.05, 3.63) is 66.1 Å². The number of aliphatic hydroxyl groups is 1. The zero-order chi connectivity index (χ0) is 28.0. The summed E-state index contributed by atoms with van der Waals surface area (Å²) in [6, 6.07) is 11.8. The van der Waals surface area contributed by atoms with E-state index in [0.29, 0.717) is 12.1 Å². The minimum atomic E-state index is -0.679. The lowest BCUT2D eigenvalue weighted by molar-refractivity contribution is 0.102. The Morgan fingerprint density at radius 1 is 1.02 bits per heavy atom. The Hall–Kier alpha value is -4.41. The van der Waals surface area contributed by atoms with Crippen LogP contribution in [0.4, 0.5) is 5.69 Å². The maximum atomic E-state index is 11.8. The van der Waals surface area contributed by atoms with E-state index in [-0.39, 0.29) is 11.2 Å². The molecule has 0 saturated heterocycles. The van der Waals surface area contributed by atoms with Crippen LogP contribution in [0.15, 0.2) is 61.2 Å². The number of nitrogens with one attached hydrogen (secondary N) is 3. The highest BCUT2D eigenvalue weighted by molar-refractivity contribution is 7.17. The first-order valence-corrected chi connectivity index (χ1v) is 13.8. The third-order valence-electron chi connectivity index (χ3n) is 6.63. The van der Waals surface area contributed by atoms with Crippen molar-refractivity contribution < 1.29 is 9.90 Å². The number of nitrogens with zero attached hydrogens (tertiary/aromatic N) is 4. The van der Waals surface area contributed by atoms with Gasteiger partial charge in [0, 0.05) is 50.9 Å². The van der Waals surface area contributed by atoms with E-state index in [1.165, 1.54) is 11.3 Å². The second kappa shape index (κ2) is 9.96. The molecule has 6 rings (SSSR count). The van der Waals surface area contributed by atoms with Gasteiger partial charge in [0.15, 0.2) is 11.4 Å². The van der Waals surface area contributed by atoms with Crippen molar-refractivity contribution in [3.63, 3.8) is 0 Å². The number of hydrogen-bond donors (Lipinski definition) is 4. The van der Waals surface area contributed by atoms with Gasteiger partial charge in [0.05, 0.1) is 22.5 Å². The Labute approximate surface area is 234 Å². The van der Waals surface area contributed by atoms with Crippen molar-refractivity contribution in [1.29, 1.82) is 0 Å². The number of aliphatic hydroxyl groups excluding tert-OH is 1. The maximum Gasteiger partial charge on any atom is 0.169 e. The van der Waals surface area contributed by atoms with Crippen LogP contribution in [0.2, 0.25) is 0 Å². The third-order valence-corrected chi connectivity index (χ3v) is 7.85. The van der Waals surface area contributed by atoms with Gasteiger partial charge in [-0.05, 0) is 55.2 Å². The van der Waals surface area contributed by atoms with E-state index in [4.69, 9.17) is 0 Å². The van der Waals surface area contributed by atoms with Gasteiger partial charge in [-0.1, -0.05) is 20.8 Å². The minimum Gasteiger partial charge on any atom is -0.374 e. The Kier molecular flexibility index (Phi) is 6.44. The number of fused-ring (bicyclic) bond motifs is 2. The summed E-state index contributed by atoms with van der Waals surface area (Å²) in [5, 5.41) is 23.0. The molecule has 0 spiro atoms. The third kappa shape index (κ3) is 5.11. The largest absolute Gasteiger partial charge is 0.374 e. The van der Waals surface area contributed by atoms with Crippen LogP contribution in [0, 0.1) is 5.41 Å². The summed E-state index contributed by atoms with van der Waals surface area (Å²) in [4.78, 5) is 30.5. The number of aromatic amines is 2. The molecule has 6 aromatic heterocycles. The second-order valence-corrected chi connectivity index (χ2v) is 12.2. The van der Waals surface area contributed by atoms with Crippen LogP contribution in [0.5, 0.6) is 0 Å². The highest BCUT2D eigenvalue weighted by Gasteiger charge is 2.18. The molecule has 40 heavy (non-hydrogen) atoms. The molecule has 202 valence electrons. The molecule has 4 N–H and O–H groups in total. The Morgan fingerprint density at radius 2 is 1.85 bits per heavy atom. The first-order chi connectivity index (χ1) is 19.1. The lowest BCUT2D eigenvalue weighted by atomic mass is 9.91. The van der Waals surface area contributed by atoms with Gasteiger partial charge in [-0.2, -0.15) is 5.10 Å². The molecular formula is C30H29N7O2S. The van der Waals surface area contributed by atoms with Crippen molar-refractivity contribution in [2.75, 3.05) is 5.32 Å². The van der Waals surface area contributed by atoms with Gasteiger partial charge in [-0.25, -0.2) is 9.97 Å². The van der Waals surface area contributed by atoms with Gasteiger partial charge >= 0.3 is 0 Å². The summed E-state index contributed by atoms with van der Waals surface area (Å²) in [6.07, 6.45) is 6.95. The second-order valence-electron chi connectivity index (χ2n) is 11.1. The minimum absolute atomic E-state index is 0.00966. The van der Waals surface area contributed by atoms with Crippen LogP contribution in [0.1, 0.15) is 43.8 Å². The van der Waals surface area contributed by atoms with Crippen molar-refractivity contribution in [1.82, 2.24) is 30.1 Å². The molecule has 0 fully saturated rings. The predicted octanol–water partition coefficient (Wildman–Crippen LogP) is 6.66. The molecule has 0 saturated carbocycles. The van der Waals surface area contributed by atoms with E-state index in [1.54, 1.807) is 31.7 Å². The molecule has 10 heteroatoms. The number of H-pyrrole nitrogens is 2. The summed E-state index contributed by atoms with van der Waals surface area (Å²) in [6.45, 7) is 7.85. The van der Waals surface area contributed by atoms with Gasteiger partial charge in [0.1, 0.15) is 17.6 Å². The lowest BCUT2D eigenvalue weighted by Crippen LogP contribution is -2.25. The molecule has 0 radical (unpaired) electrons. The molecular weight excluding hydrogens is 522 g/mol. The Morgan fingerprint density at radius 3 is 2.62 bits per heavy atom. The summed E-state index contributed by atoms with van der Waals surface area (Å²) in [5.74, 6) is 0.0557. The predicted molar refractivity (Wildman–Crippen MR) is 159 cm³/mol. The number of rotatable bonds is 7. The smallest absolute Gasteiger partial charge is 0.169 e. The molecule has 0 amide bonds. The van der Waals surface area contributed by atoms with Gasteiger partial charge in [-0.3, -0.25) is 14.9 Å². The summed E-state index contributed by atoms with van der Waals surface area (Å²) in [5.41, 5.74) is 6.42. The molecule has 6 heterocycles. The zero-order valence-electron chi connectivity index (χ0n) is 22.6. The highest BCUT2D eigenvalue weighted by Crippen LogP contribution is 2.36. The SMILES string of the molecule is CC(=O)c1ccc(-c2ccnc3[nH]c(-c4n[nH]c5ncc(-c6cncc(NC(O)CC(C)(C)C)c6)cc45)cc23)s1. The number of anilines is 1. The lowest BCUT2D eigenvalue weighted by Gasteiger charge is -2.23. The number of aromatic nitrogens is 6. The maximum absolute atomic E-state index is 11.8. The van der Waals surface area contributed by atoms with E-state index in [9.17, 15) is 9.90 Å². The average molecular weight is 552 g/mol. The Bertz CT molecular complexity index is 1860. The number of carbonyl (C=O) groups excluding carboxylic acids is 1. The average Bonchev–Trinajstić information content (AvgIpc) is 3.65. The topological polar surface area (TPSA) is 132 Å². The van der Waals surface area contributed by atoms with Crippen molar-refractivity contribution in [2.45, 2.75) is 40.3 Å². The number of thiophene rings is 1. The molecule has 6 aromatic rings. The van der Waals surface area contributed by atoms with E-state index in [0.717, 1.165) is 59.9 Å². The summed E-state index contributed by atoms with van der Waals surface area (Å²) < 4.78 is 0. The van der Waals surface area contributed by atoms with Gasteiger partial charge < -0.3 is 15.4 Å². The van der Waals surface area contributed by atoms with Crippen LogP contribution >= 0.6 is 11.3 Å². The quantitative estimate of drug-likeness (QED) is 0.129. The standard InChI is InChI=1S/C30H29N7O2S/c1-16(38)24-5-6-25(40-24)20-7-8-32-28-21(20)11-23(35-28)27-22-10-18(14-33-29(22)37-36-27)17-9-19(15-31-13-17)34-26(39)12-30(2,3)4/h5-11,13-15,26,34,39H,12H2,1-4H3,(H,32,35)(H,33,36,37). The number of carbonyl (C=O) groups is 1. The summed E-state index contributed by atoms with van der Waals surface area (Å²) in [7, 11) is 0. The molecule has 1 unspecified atom stereocenters. The molecule has 0 aromatic carbocycles. The highest BCUT2D eigenvalue weighted by atomic mass is 32.1. The van der Waals surface area contributed by atoms with Crippen LogP contribution in [-0.4, -0.2) is 47.3 Å². The van der Waals surface area contributed by atoms with Crippen LogP contribution in [-0.2, 0) is 0 Å². The summed E-state index contributed by atoms with van der Waals surface area (Å²) >= 11 is 1.48. The first kappa shape index (κ1) is 25.8. The van der Waals surface area contributed by atoms with E-state index in [2.05, 4.69) is 56.2 Å². The van der Waals surface area contributed by atoms with Crippen molar-refractivity contribution in [2.24, 2.45) is 5.41 Å². The molecule has 0 aliphatic rings. The molecule has 9 nitrogen and oxygen atoms in total. The number of ketones is 1. The number of pyridine rings is 3. The van der Waals surface area contributed by atoms with Crippen LogP contribution < -0.4 is 5.32 Å². The normalized spacial score (nSPS) is 12.7. The van der Waals surface area contributed by atoms with Crippen LogP contribution in [0.3, 0.4) is 0 Å². The fourth-order valence-electron chi connectivity index (χ4n) is 4.81.